The Kier molecular flexibility index (Phi) is 4.22. The molecule has 0 atom stereocenters. The zero-order valence-corrected chi connectivity index (χ0v) is 12.6. The number of rotatable bonds is 5. The van der Waals surface area contributed by atoms with Crippen molar-refractivity contribution in [3.63, 3.8) is 0 Å². The van der Waals surface area contributed by atoms with Crippen molar-refractivity contribution in [2.75, 3.05) is 17.6 Å². The number of aryl methyl sites for hydroxylation is 2. The number of nitrogens with one attached hydrogen (secondary N) is 1. The smallest absolute Gasteiger partial charge is 0.221 e. The Balaban J connectivity index is 2.01. The average Bonchev–Trinajstić information content (AvgIpc) is 2.68. The van der Waals surface area contributed by atoms with E-state index in [2.05, 4.69) is 41.2 Å². The summed E-state index contributed by atoms with van der Waals surface area (Å²) >= 11 is 0. The van der Waals surface area contributed by atoms with E-state index in [9.17, 15) is 0 Å². The van der Waals surface area contributed by atoms with Gasteiger partial charge in [0.2, 0.25) is 5.95 Å². The second-order valence-corrected chi connectivity index (χ2v) is 4.91. The SMILES string of the molecule is CCc1c(C)nn(CCNc2nc(N)ncc2C)c1C. The van der Waals surface area contributed by atoms with Gasteiger partial charge in [0, 0.05) is 24.0 Å². The summed E-state index contributed by atoms with van der Waals surface area (Å²) in [5, 5.41) is 7.86. The topological polar surface area (TPSA) is 81.7 Å². The van der Waals surface area contributed by atoms with Crippen molar-refractivity contribution >= 4 is 11.8 Å². The van der Waals surface area contributed by atoms with Gasteiger partial charge in [-0.25, -0.2) is 4.98 Å². The van der Waals surface area contributed by atoms with Crippen molar-refractivity contribution in [2.45, 2.75) is 40.7 Å². The van der Waals surface area contributed by atoms with Crippen LogP contribution in [0.25, 0.3) is 0 Å². The predicted molar refractivity (Wildman–Crippen MR) is 80.8 cm³/mol. The van der Waals surface area contributed by atoms with Crippen LogP contribution in [0.1, 0.15) is 29.4 Å². The van der Waals surface area contributed by atoms with E-state index in [0.29, 0.717) is 0 Å². The maximum atomic E-state index is 5.60. The lowest BCUT2D eigenvalue weighted by molar-refractivity contribution is 0.613. The molecule has 0 saturated carbocycles. The van der Waals surface area contributed by atoms with E-state index in [4.69, 9.17) is 5.73 Å². The van der Waals surface area contributed by atoms with Crippen LogP contribution in [-0.2, 0) is 13.0 Å². The molecule has 0 aliphatic heterocycles. The van der Waals surface area contributed by atoms with Gasteiger partial charge in [-0.3, -0.25) is 4.68 Å². The Labute approximate surface area is 119 Å². The van der Waals surface area contributed by atoms with Crippen LogP contribution in [0, 0.1) is 20.8 Å². The number of nitrogen functional groups attached to an aromatic ring is 1. The number of hydrogen-bond donors (Lipinski definition) is 2. The van der Waals surface area contributed by atoms with Gasteiger partial charge in [0.25, 0.3) is 0 Å². The summed E-state index contributed by atoms with van der Waals surface area (Å²) in [5.41, 5.74) is 10.3. The van der Waals surface area contributed by atoms with Crippen molar-refractivity contribution in [3.8, 4) is 0 Å². The van der Waals surface area contributed by atoms with Gasteiger partial charge in [-0.2, -0.15) is 10.1 Å². The second kappa shape index (κ2) is 5.90. The minimum atomic E-state index is 0.289. The molecule has 0 fully saturated rings. The molecule has 0 bridgehead atoms. The Morgan fingerprint density at radius 3 is 2.70 bits per heavy atom. The number of hydrogen-bond acceptors (Lipinski definition) is 5. The first-order valence-corrected chi connectivity index (χ1v) is 6.88. The molecule has 0 aliphatic rings. The highest BCUT2D eigenvalue weighted by Crippen LogP contribution is 2.14. The first-order valence-electron chi connectivity index (χ1n) is 6.88. The minimum absolute atomic E-state index is 0.289. The number of nitrogens with two attached hydrogens (primary N) is 1. The van der Waals surface area contributed by atoms with Crippen LogP contribution in [0.2, 0.25) is 0 Å². The third-order valence-electron chi connectivity index (χ3n) is 3.49. The van der Waals surface area contributed by atoms with Crippen LogP contribution >= 0.6 is 0 Å². The molecule has 6 heteroatoms. The first-order chi connectivity index (χ1) is 9.52. The zero-order valence-electron chi connectivity index (χ0n) is 12.6. The molecule has 0 aliphatic carbocycles. The van der Waals surface area contributed by atoms with E-state index >= 15 is 0 Å². The standard InChI is InChI=1S/C14H22N6/c1-5-12-10(3)19-20(11(12)4)7-6-16-13-9(2)8-17-14(15)18-13/h8H,5-7H2,1-4H3,(H3,15,16,17,18). The monoisotopic (exact) mass is 274 g/mol. The van der Waals surface area contributed by atoms with Crippen LogP contribution in [0.3, 0.4) is 0 Å². The molecule has 2 aromatic heterocycles. The van der Waals surface area contributed by atoms with Crippen LogP contribution in [0.15, 0.2) is 6.20 Å². The van der Waals surface area contributed by atoms with E-state index in [0.717, 1.165) is 36.6 Å². The largest absolute Gasteiger partial charge is 0.368 e. The molecule has 0 saturated heterocycles. The van der Waals surface area contributed by atoms with Gasteiger partial charge in [-0.05, 0) is 32.8 Å². The van der Waals surface area contributed by atoms with Gasteiger partial charge in [0.05, 0.1) is 12.2 Å². The fourth-order valence-corrected chi connectivity index (χ4v) is 2.38. The molecule has 0 unspecified atom stereocenters. The Morgan fingerprint density at radius 1 is 1.30 bits per heavy atom. The summed E-state index contributed by atoms with van der Waals surface area (Å²) in [5.74, 6) is 1.08. The fraction of sp³-hybridized carbons (Fsp3) is 0.500. The highest BCUT2D eigenvalue weighted by atomic mass is 15.3. The molecule has 2 heterocycles. The summed E-state index contributed by atoms with van der Waals surface area (Å²) in [6.07, 6.45) is 2.75. The van der Waals surface area contributed by atoms with Crippen LogP contribution < -0.4 is 11.1 Å². The number of aromatic nitrogens is 4. The zero-order chi connectivity index (χ0) is 14.7. The molecule has 20 heavy (non-hydrogen) atoms. The van der Waals surface area contributed by atoms with Crippen molar-refractivity contribution in [3.05, 3.63) is 28.7 Å². The second-order valence-electron chi connectivity index (χ2n) is 4.91. The third kappa shape index (κ3) is 2.89. The normalized spacial score (nSPS) is 10.8. The van der Waals surface area contributed by atoms with Crippen molar-refractivity contribution in [1.82, 2.24) is 19.7 Å². The maximum absolute atomic E-state index is 5.60. The van der Waals surface area contributed by atoms with Gasteiger partial charge in [0.15, 0.2) is 0 Å². The summed E-state index contributed by atoms with van der Waals surface area (Å²) < 4.78 is 2.04. The van der Waals surface area contributed by atoms with E-state index in [-0.39, 0.29) is 5.95 Å². The number of anilines is 2. The Bertz CT molecular complexity index is 602. The van der Waals surface area contributed by atoms with E-state index in [1.54, 1.807) is 6.20 Å². The molecule has 0 radical (unpaired) electrons. The minimum Gasteiger partial charge on any atom is -0.368 e. The fourth-order valence-electron chi connectivity index (χ4n) is 2.38. The molecule has 3 N–H and O–H groups in total. The molecular weight excluding hydrogens is 252 g/mol. The van der Waals surface area contributed by atoms with Gasteiger partial charge < -0.3 is 11.1 Å². The first kappa shape index (κ1) is 14.3. The molecule has 6 nitrogen and oxygen atoms in total. The van der Waals surface area contributed by atoms with Crippen molar-refractivity contribution in [1.29, 1.82) is 0 Å². The Morgan fingerprint density at radius 2 is 2.05 bits per heavy atom. The average molecular weight is 274 g/mol. The molecule has 0 amide bonds. The lowest BCUT2D eigenvalue weighted by atomic mass is 10.1. The van der Waals surface area contributed by atoms with Crippen molar-refractivity contribution in [2.24, 2.45) is 0 Å². The van der Waals surface area contributed by atoms with E-state index in [1.807, 2.05) is 11.6 Å². The highest BCUT2D eigenvalue weighted by molar-refractivity contribution is 5.44. The molecule has 2 rings (SSSR count). The number of nitrogens with zero attached hydrogens (tertiary/aromatic N) is 4. The maximum Gasteiger partial charge on any atom is 0.221 e. The molecular formula is C14H22N6. The third-order valence-corrected chi connectivity index (χ3v) is 3.49. The molecule has 0 spiro atoms. The van der Waals surface area contributed by atoms with Crippen LogP contribution in [-0.4, -0.2) is 26.3 Å². The van der Waals surface area contributed by atoms with E-state index < -0.39 is 0 Å². The summed E-state index contributed by atoms with van der Waals surface area (Å²) in [6.45, 7) is 9.85. The highest BCUT2D eigenvalue weighted by Gasteiger charge is 2.09. The van der Waals surface area contributed by atoms with Gasteiger partial charge >= 0.3 is 0 Å². The molecule has 0 aromatic carbocycles. The molecule has 108 valence electrons. The molecule has 2 aromatic rings. The van der Waals surface area contributed by atoms with E-state index in [1.165, 1.54) is 11.3 Å². The quantitative estimate of drug-likeness (QED) is 0.869. The van der Waals surface area contributed by atoms with Gasteiger partial charge in [0.1, 0.15) is 5.82 Å². The summed E-state index contributed by atoms with van der Waals surface area (Å²) in [7, 11) is 0. The Hall–Kier alpha value is -2.11. The lowest BCUT2D eigenvalue weighted by Crippen LogP contribution is -2.15. The predicted octanol–water partition coefficient (Wildman–Crippen LogP) is 1.86. The van der Waals surface area contributed by atoms with Gasteiger partial charge in [-0.15, -0.1) is 0 Å². The summed E-state index contributed by atoms with van der Waals surface area (Å²) in [6, 6.07) is 0. The van der Waals surface area contributed by atoms with Crippen LogP contribution in [0.4, 0.5) is 11.8 Å². The van der Waals surface area contributed by atoms with Crippen LogP contribution in [0.5, 0.6) is 0 Å². The lowest BCUT2D eigenvalue weighted by Gasteiger charge is -2.09. The summed E-state index contributed by atoms with van der Waals surface area (Å²) in [4.78, 5) is 8.15. The van der Waals surface area contributed by atoms with Crippen molar-refractivity contribution < 1.29 is 0 Å². The van der Waals surface area contributed by atoms with Gasteiger partial charge in [-0.1, -0.05) is 6.92 Å².